The van der Waals surface area contributed by atoms with E-state index in [1.54, 1.807) is 14.2 Å². The Balaban J connectivity index is 1.92. The Morgan fingerprint density at radius 2 is 1.46 bits per heavy atom. The Morgan fingerprint density at radius 1 is 0.808 bits per heavy atom. The molecule has 0 spiro atoms. The van der Waals surface area contributed by atoms with Crippen molar-refractivity contribution in [3.63, 3.8) is 0 Å². The molecule has 0 aromatic heterocycles. The molecule has 3 heteroatoms. The lowest BCUT2D eigenvalue weighted by Crippen LogP contribution is -1.91. The second kappa shape index (κ2) is 8.04. The zero-order chi connectivity index (χ0) is 18.4. The second-order valence-corrected chi connectivity index (χ2v) is 5.73. The summed E-state index contributed by atoms with van der Waals surface area (Å²) >= 11 is 0. The third kappa shape index (κ3) is 3.76. The lowest BCUT2D eigenvalue weighted by molar-refractivity contribution is 0.355. The van der Waals surface area contributed by atoms with Crippen LogP contribution < -0.4 is 9.47 Å². The Morgan fingerprint density at radius 3 is 2.08 bits per heavy atom. The second-order valence-electron chi connectivity index (χ2n) is 5.73. The highest BCUT2D eigenvalue weighted by Crippen LogP contribution is 2.30. The minimum atomic E-state index is 0.594. The van der Waals surface area contributed by atoms with Gasteiger partial charge in [0.1, 0.15) is 0 Å². The average molecular weight is 341 g/mol. The number of hydrogen-bond donors (Lipinski definition) is 0. The molecule has 0 aliphatic heterocycles. The predicted molar refractivity (Wildman–Crippen MR) is 105 cm³/mol. The smallest absolute Gasteiger partial charge is 0.161 e. The molecule has 128 valence electrons. The molecule has 0 aliphatic carbocycles. The van der Waals surface area contributed by atoms with Crippen molar-refractivity contribution in [3.8, 4) is 28.7 Å². The summed E-state index contributed by atoms with van der Waals surface area (Å²) in [5, 5.41) is 9.58. The molecule has 0 aliphatic rings. The summed E-state index contributed by atoms with van der Waals surface area (Å²) in [6.07, 6.45) is 1.85. The van der Waals surface area contributed by atoms with Crippen molar-refractivity contribution in [2.45, 2.75) is 0 Å². The largest absolute Gasteiger partial charge is 0.493 e. The third-order valence-corrected chi connectivity index (χ3v) is 4.14. The summed E-state index contributed by atoms with van der Waals surface area (Å²) in [6, 6.07) is 26.0. The van der Waals surface area contributed by atoms with E-state index in [2.05, 4.69) is 18.2 Å². The van der Waals surface area contributed by atoms with E-state index in [0.717, 1.165) is 22.3 Å². The van der Waals surface area contributed by atoms with Crippen molar-refractivity contribution in [2.75, 3.05) is 14.2 Å². The van der Waals surface area contributed by atoms with Crippen molar-refractivity contribution in [1.82, 2.24) is 0 Å². The third-order valence-electron chi connectivity index (χ3n) is 4.14. The van der Waals surface area contributed by atoms with Gasteiger partial charge in [0.05, 0.1) is 25.9 Å². The van der Waals surface area contributed by atoms with Crippen LogP contribution in [0.1, 0.15) is 11.1 Å². The molecule has 0 unspecified atom stereocenters. The quantitative estimate of drug-likeness (QED) is 0.459. The first-order valence-electron chi connectivity index (χ1n) is 8.25. The molecule has 0 N–H and O–H groups in total. The molecule has 0 saturated carbocycles. The number of hydrogen-bond acceptors (Lipinski definition) is 3. The molecule has 0 amide bonds. The van der Waals surface area contributed by atoms with Crippen LogP contribution in [0.3, 0.4) is 0 Å². The van der Waals surface area contributed by atoms with Crippen molar-refractivity contribution in [1.29, 1.82) is 5.26 Å². The maximum atomic E-state index is 9.58. The lowest BCUT2D eigenvalue weighted by atomic mass is 9.99. The van der Waals surface area contributed by atoms with Gasteiger partial charge >= 0.3 is 0 Å². The molecule has 3 nitrogen and oxygen atoms in total. The highest BCUT2D eigenvalue weighted by atomic mass is 16.5. The molecule has 0 fully saturated rings. The summed E-state index contributed by atoms with van der Waals surface area (Å²) in [5.74, 6) is 1.30. The van der Waals surface area contributed by atoms with E-state index >= 15 is 0 Å². The van der Waals surface area contributed by atoms with Gasteiger partial charge in [0.2, 0.25) is 0 Å². The van der Waals surface area contributed by atoms with Crippen LogP contribution in [0.2, 0.25) is 0 Å². The van der Waals surface area contributed by atoms with Crippen LogP contribution in [0.15, 0.2) is 72.8 Å². The highest BCUT2D eigenvalue weighted by Gasteiger charge is 2.06. The predicted octanol–water partition coefficient (Wildman–Crippen LogP) is 5.43. The van der Waals surface area contributed by atoms with E-state index in [1.807, 2.05) is 66.7 Å². The first-order chi connectivity index (χ1) is 12.7. The zero-order valence-electron chi connectivity index (χ0n) is 14.8. The van der Waals surface area contributed by atoms with E-state index in [-0.39, 0.29) is 0 Å². The van der Waals surface area contributed by atoms with Gasteiger partial charge in [-0.1, -0.05) is 60.7 Å². The molecule has 3 aromatic rings. The Kier molecular flexibility index (Phi) is 5.36. The number of allylic oxidation sites excluding steroid dienone is 1. The van der Waals surface area contributed by atoms with Gasteiger partial charge in [0, 0.05) is 0 Å². The van der Waals surface area contributed by atoms with Gasteiger partial charge < -0.3 is 9.47 Å². The van der Waals surface area contributed by atoms with Crippen LogP contribution in [0.4, 0.5) is 0 Å². The van der Waals surface area contributed by atoms with Crippen LogP contribution in [0, 0.1) is 11.3 Å². The molecular weight excluding hydrogens is 322 g/mol. The summed E-state index contributed by atoms with van der Waals surface area (Å²) < 4.78 is 10.6. The monoisotopic (exact) mass is 341 g/mol. The minimum absolute atomic E-state index is 0.594. The molecule has 0 bridgehead atoms. The van der Waals surface area contributed by atoms with Crippen molar-refractivity contribution in [2.24, 2.45) is 0 Å². The standard InChI is InChI=1S/C23H19NO2/c1-25-22-13-8-17(15-23(22)26-2)14-21(16-24)20-11-9-19(10-12-20)18-6-4-3-5-7-18/h3-15H,1-2H3. The molecular formula is C23H19NO2. The Labute approximate surface area is 153 Å². The fourth-order valence-electron chi connectivity index (χ4n) is 2.76. The summed E-state index contributed by atoms with van der Waals surface area (Å²) in [5.41, 5.74) is 4.63. The maximum Gasteiger partial charge on any atom is 0.161 e. The van der Waals surface area contributed by atoms with Crippen molar-refractivity contribution in [3.05, 3.63) is 83.9 Å². The van der Waals surface area contributed by atoms with E-state index in [4.69, 9.17) is 9.47 Å². The SMILES string of the molecule is COc1ccc(C=C(C#N)c2ccc(-c3ccccc3)cc2)cc1OC. The van der Waals surface area contributed by atoms with Crippen LogP contribution in [-0.2, 0) is 0 Å². The van der Waals surface area contributed by atoms with Gasteiger partial charge in [0.15, 0.2) is 11.5 Å². The van der Waals surface area contributed by atoms with Gasteiger partial charge in [-0.05, 0) is 40.5 Å². The molecule has 26 heavy (non-hydrogen) atoms. The highest BCUT2D eigenvalue weighted by molar-refractivity contribution is 5.90. The number of benzene rings is 3. The zero-order valence-corrected chi connectivity index (χ0v) is 14.8. The van der Waals surface area contributed by atoms with Crippen LogP contribution in [-0.4, -0.2) is 14.2 Å². The molecule has 0 radical (unpaired) electrons. The Bertz CT molecular complexity index is 952. The molecule has 0 saturated heterocycles. The van der Waals surface area contributed by atoms with E-state index in [0.29, 0.717) is 17.1 Å². The van der Waals surface area contributed by atoms with Crippen LogP contribution >= 0.6 is 0 Å². The van der Waals surface area contributed by atoms with Crippen molar-refractivity contribution >= 4 is 11.6 Å². The number of nitriles is 1. The maximum absolute atomic E-state index is 9.58. The van der Waals surface area contributed by atoms with Gasteiger partial charge in [0.25, 0.3) is 0 Å². The number of ether oxygens (including phenoxy) is 2. The van der Waals surface area contributed by atoms with E-state index in [9.17, 15) is 5.26 Å². The van der Waals surface area contributed by atoms with Gasteiger partial charge in [-0.3, -0.25) is 0 Å². The van der Waals surface area contributed by atoms with Crippen LogP contribution in [0.25, 0.3) is 22.8 Å². The summed E-state index contributed by atoms with van der Waals surface area (Å²) in [4.78, 5) is 0. The number of rotatable bonds is 5. The van der Waals surface area contributed by atoms with Crippen LogP contribution in [0.5, 0.6) is 11.5 Å². The fraction of sp³-hybridized carbons (Fsp3) is 0.0870. The van der Waals surface area contributed by atoms with Gasteiger partial charge in [-0.15, -0.1) is 0 Å². The molecule has 0 heterocycles. The summed E-state index contributed by atoms with van der Waals surface area (Å²) in [7, 11) is 3.20. The average Bonchev–Trinajstić information content (AvgIpc) is 2.72. The van der Waals surface area contributed by atoms with Gasteiger partial charge in [-0.2, -0.15) is 5.26 Å². The fourth-order valence-corrected chi connectivity index (χ4v) is 2.76. The molecule has 0 atom stereocenters. The van der Waals surface area contributed by atoms with Crippen molar-refractivity contribution < 1.29 is 9.47 Å². The first kappa shape index (κ1) is 17.3. The lowest BCUT2D eigenvalue weighted by Gasteiger charge is -2.08. The first-order valence-corrected chi connectivity index (χ1v) is 8.25. The molecule has 3 aromatic carbocycles. The van der Waals surface area contributed by atoms with Gasteiger partial charge in [-0.25, -0.2) is 0 Å². The number of nitrogens with zero attached hydrogens (tertiary/aromatic N) is 1. The van der Waals surface area contributed by atoms with E-state index < -0.39 is 0 Å². The number of methoxy groups -OCH3 is 2. The van der Waals surface area contributed by atoms with E-state index in [1.165, 1.54) is 0 Å². The topological polar surface area (TPSA) is 42.2 Å². The summed E-state index contributed by atoms with van der Waals surface area (Å²) in [6.45, 7) is 0. The Hall–Kier alpha value is -3.51. The minimum Gasteiger partial charge on any atom is -0.493 e. The molecule has 3 rings (SSSR count). The normalized spacial score (nSPS) is 10.9.